The van der Waals surface area contributed by atoms with E-state index >= 15 is 0 Å². The minimum atomic E-state index is -1.70. The van der Waals surface area contributed by atoms with E-state index in [1.54, 1.807) is 0 Å². The third-order valence-corrected chi connectivity index (χ3v) is 9.66. The normalized spacial score (nSPS) is 15.9. The van der Waals surface area contributed by atoms with Crippen LogP contribution in [0.15, 0.2) is 30.3 Å². The van der Waals surface area contributed by atoms with Gasteiger partial charge in [0, 0.05) is 10.3 Å². The second-order valence-electron chi connectivity index (χ2n) is 7.09. The maximum atomic E-state index is 6.69. The summed E-state index contributed by atoms with van der Waals surface area (Å²) in [6.07, 6.45) is 1.46. The third-order valence-electron chi connectivity index (χ3n) is 4.53. The van der Waals surface area contributed by atoms with Crippen molar-refractivity contribution < 1.29 is 4.43 Å². The molecule has 0 bridgehead atoms. The summed E-state index contributed by atoms with van der Waals surface area (Å²) in [7, 11) is -1.70. The van der Waals surface area contributed by atoms with Crippen molar-refractivity contribution in [1.82, 2.24) is 0 Å². The lowest BCUT2D eigenvalue weighted by atomic mass is 9.94. The fourth-order valence-electron chi connectivity index (χ4n) is 2.04. The van der Waals surface area contributed by atoms with Crippen LogP contribution < -0.4 is 0 Å². The lowest BCUT2D eigenvalue weighted by molar-refractivity contribution is 0.154. The van der Waals surface area contributed by atoms with Gasteiger partial charge in [0.05, 0.1) is 6.10 Å². The van der Waals surface area contributed by atoms with Crippen LogP contribution in [0.2, 0.25) is 18.1 Å². The van der Waals surface area contributed by atoms with Crippen LogP contribution >= 0.6 is 22.6 Å². The van der Waals surface area contributed by atoms with Gasteiger partial charge in [-0.3, -0.25) is 0 Å². The highest BCUT2D eigenvalue weighted by Crippen LogP contribution is 2.39. The van der Waals surface area contributed by atoms with Gasteiger partial charge in [0.1, 0.15) is 0 Å². The highest BCUT2D eigenvalue weighted by atomic mass is 127. The Morgan fingerprint density at radius 1 is 1.15 bits per heavy atom. The monoisotopic (exact) mass is 404 g/mol. The highest BCUT2D eigenvalue weighted by molar-refractivity contribution is 14.1. The molecule has 0 aliphatic rings. The summed E-state index contributed by atoms with van der Waals surface area (Å²) >= 11 is 2.46. The van der Waals surface area contributed by atoms with Gasteiger partial charge >= 0.3 is 0 Å². The van der Waals surface area contributed by atoms with Crippen molar-refractivity contribution in [2.24, 2.45) is 0 Å². The van der Waals surface area contributed by atoms with Crippen molar-refractivity contribution >= 4 is 30.9 Å². The van der Waals surface area contributed by atoms with Gasteiger partial charge in [-0.2, -0.15) is 0 Å². The Balaban J connectivity index is 2.90. The Bertz CT molecular complexity index is 397. The van der Waals surface area contributed by atoms with Gasteiger partial charge in [-0.25, -0.2) is 0 Å². The van der Waals surface area contributed by atoms with E-state index in [2.05, 4.69) is 93.7 Å². The largest absolute Gasteiger partial charge is 0.413 e. The van der Waals surface area contributed by atoms with Crippen molar-refractivity contribution in [3.05, 3.63) is 35.9 Å². The van der Waals surface area contributed by atoms with Gasteiger partial charge in [0.2, 0.25) is 0 Å². The van der Waals surface area contributed by atoms with E-state index in [9.17, 15) is 0 Å². The topological polar surface area (TPSA) is 9.23 Å². The maximum Gasteiger partial charge on any atom is 0.192 e. The Labute approximate surface area is 139 Å². The van der Waals surface area contributed by atoms with Crippen molar-refractivity contribution in [2.75, 3.05) is 4.43 Å². The fraction of sp³-hybridized carbons (Fsp3) is 0.647. The van der Waals surface area contributed by atoms with E-state index in [0.717, 1.165) is 10.8 Å². The molecule has 2 atom stereocenters. The summed E-state index contributed by atoms with van der Waals surface area (Å²) in [4.78, 5) is 0. The smallest absolute Gasteiger partial charge is 0.192 e. The summed E-state index contributed by atoms with van der Waals surface area (Å²) in [5.41, 5.74) is 1.39. The molecule has 0 amide bonds. The van der Waals surface area contributed by atoms with Crippen LogP contribution in [0.25, 0.3) is 0 Å². The fourth-order valence-corrected chi connectivity index (χ4v) is 4.09. The predicted octanol–water partition coefficient (Wildman–Crippen LogP) is 6.01. The van der Waals surface area contributed by atoms with Gasteiger partial charge in [-0.1, -0.05) is 80.6 Å². The van der Waals surface area contributed by atoms with Crippen LogP contribution in [-0.4, -0.2) is 18.8 Å². The van der Waals surface area contributed by atoms with E-state index in [4.69, 9.17) is 4.43 Å². The van der Waals surface area contributed by atoms with E-state index < -0.39 is 8.32 Å². The van der Waals surface area contributed by atoms with Crippen molar-refractivity contribution in [3.63, 3.8) is 0 Å². The lowest BCUT2D eigenvalue weighted by Gasteiger charge is -2.41. The quantitative estimate of drug-likeness (QED) is 0.321. The number of hydrogen-bond acceptors (Lipinski definition) is 1. The Hall–Kier alpha value is 0.127. The molecule has 0 saturated carbocycles. The second-order valence-corrected chi connectivity index (χ2v) is 12.9. The first-order chi connectivity index (χ1) is 9.19. The molecule has 0 N–H and O–H groups in total. The summed E-state index contributed by atoms with van der Waals surface area (Å²) in [5.74, 6) is 0.458. The minimum Gasteiger partial charge on any atom is -0.413 e. The number of rotatable bonds is 6. The van der Waals surface area contributed by atoms with Crippen LogP contribution in [0, 0.1) is 0 Å². The standard InChI is InChI=1S/C17H29IOSi/c1-14(15-10-8-7-9-11-15)16(12-13-18)19-20(5,6)17(2,3)4/h7-11,14,16H,12-13H2,1-6H3/t14?,16-/m0/s1. The first-order valence-electron chi connectivity index (χ1n) is 7.48. The molecule has 1 unspecified atom stereocenters. The van der Waals surface area contributed by atoms with Crippen LogP contribution in [0.4, 0.5) is 0 Å². The molecule has 1 rings (SSSR count). The van der Waals surface area contributed by atoms with E-state index in [-0.39, 0.29) is 5.04 Å². The molecule has 0 radical (unpaired) electrons. The summed E-state index contributed by atoms with van der Waals surface area (Å²) in [6, 6.07) is 10.8. The molecule has 0 saturated heterocycles. The molecule has 1 nitrogen and oxygen atoms in total. The minimum absolute atomic E-state index is 0.271. The molecule has 0 aromatic heterocycles. The molecular weight excluding hydrogens is 375 g/mol. The molecule has 0 spiro atoms. The summed E-state index contributed by atoms with van der Waals surface area (Å²) < 4.78 is 7.84. The zero-order chi connectivity index (χ0) is 15.4. The third kappa shape index (κ3) is 4.85. The molecule has 20 heavy (non-hydrogen) atoms. The number of halogens is 1. The van der Waals surface area contributed by atoms with Gasteiger partial charge < -0.3 is 4.43 Å². The van der Waals surface area contributed by atoms with Crippen LogP contribution in [-0.2, 0) is 4.43 Å². The first-order valence-corrected chi connectivity index (χ1v) is 11.9. The van der Waals surface area contributed by atoms with Crippen molar-refractivity contribution in [2.45, 2.75) is 64.3 Å². The zero-order valence-corrected chi connectivity index (χ0v) is 16.9. The van der Waals surface area contributed by atoms with Gasteiger partial charge in [-0.05, 0) is 30.1 Å². The average molecular weight is 404 g/mol. The highest BCUT2D eigenvalue weighted by Gasteiger charge is 2.40. The Kier molecular flexibility index (Phi) is 6.73. The molecule has 0 aliphatic carbocycles. The number of alkyl halides is 1. The molecule has 3 heteroatoms. The molecule has 114 valence electrons. The van der Waals surface area contributed by atoms with Gasteiger partial charge in [0.25, 0.3) is 0 Å². The zero-order valence-electron chi connectivity index (χ0n) is 13.7. The van der Waals surface area contributed by atoms with Crippen molar-refractivity contribution in [1.29, 1.82) is 0 Å². The van der Waals surface area contributed by atoms with Crippen LogP contribution in [0.1, 0.15) is 45.6 Å². The van der Waals surface area contributed by atoms with E-state index in [0.29, 0.717) is 12.0 Å². The number of benzene rings is 1. The van der Waals surface area contributed by atoms with E-state index in [1.165, 1.54) is 5.56 Å². The van der Waals surface area contributed by atoms with Crippen molar-refractivity contribution in [3.8, 4) is 0 Å². The van der Waals surface area contributed by atoms with Gasteiger partial charge in [0.15, 0.2) is 8.32 Å². The summed E-state index contributed by atoms with van der Waals surface area (Å²) in [5, 5.41) is 0.271. The van der Waals surface area contributed by atoms with E-state index in [1.807, 2.05) is 0 Å². The molecule has 0 aliphatic heterocycles. The van der Waals surface area contributed by atoms with Crippen LogP contribution in [0.5, 0.6) is 0 Å². The molecule has 0 heterocycles. The Morgan fingerprint density at radius 3 is 2.15 bits per heavy atom. The molecule has 1 aromatic carbocycles. The molecule has 0 fully saturated rings. The first kappa shape index (κ1) is 18.2. The molecule has 1 aromatic rings. The van der Waals surface area contributed by atoms with Crippen LogP contribution in [0.3, 0.4) is 0 Å². The second kappa shape index (κ2) is 7.41. The van der Waals surface area contributed by atoms with Gasteiger partial charge in [-0.15, -0.1) is 0 Å². The Morgan fingerprint density at radius 2 is 1.70 bits per heavy atom. The SMILES string of the molecule is CC(c1ccccc1)[C@H](CCI)O[Si](C)(C)C(C)(C)C. The summed E-state index contributed by atoms with van der Waals surface area (Å²) in [6.45, 7) is 13.9. The molecular formula is C17H29IOSi. The lowest BCUT2D eigenvalue weighted by Crippen LogP contribution is -2.45. The maximum absolute atomic E-state index is 6.69. The number of hydrogen-bond donors (Lipinski definition) is 0. The average Bonchev–Trinajstić information content (AvgIpc) is 2.37. The predicted molar refractivity (Wildman–Crippen MR) is 100 cm³/mol.